The topological polar surface area (TPSA) is 49.8 Å². The van der Waals surface area contributed by atoms with E-state index in [0.29, 0.717) is 12.1 Å². The van der Waals surface area contributed by atoms with Gasteiger partial charge in [0.25, 0.3) is 0 Å². The molecule has 18 heavy (non-hydrogen) atoms. The first-order chi connectivity index (χ1) is 8.63. The predicted molar refractivity (Wildman–Crippen MR) is 76.0 cm³/mol. The van der Waals surface area contributed by atoms with Crippen molar-refractivity contribution in [1.29, 1.82) is 0 Å². The fraction of sp³-hybridized carbons (Fsp3) is 0.714. The first kappa shape index (κ1) is 13.1. The minimum Gasteiger partial charge on any atom is -0.368 e. The summed E-state index contributed by atoms with van der Waals surface area (Å²) < 4.78 is 0. The summed E-state index contributed by atoms with van der Waals surface area (Å²) >= 11 is 0. The quantitative estimate of drug-likeness (QED) is 0.858. The van der Waals surface area contributed by atoms with Crippen molar-refractivity contribution < 1.29 is 0 Å². The smallest absolute Gasteiger partial charge is 0.132 e. The van der Waals surface area contributed by atoms with E-state index in [9.17, 15) is 0 Å². The molecule has 4 nitrogen and oxygen atoms in total. The molecule has 0 atom stereocenters. The van der Waals surface area contributed by atoms with Crippen molar-refractivity contribution in [2.24, 2.45) is 0 Å². The lowest BCUT2D eigenvalue weighted by atomic mass is 9.95. The van der Waals surface area contributed by atoms with E-state index in [2.05, 4.69) is 34.4 Å². The van der Waals surface area contributed by atoms with Crippen LogP contribution in [-0.2, 0) is 0 Å². The van der Waals surface area contributed by atoms with Gasteiger partial charge in [-0.1, -0.05) is 19.3 Å². The summed E-state index contributed by atoms with van der Waals surface area (Å²) in [7, 11) is 0. The first-order valence-corrected chi connectivity index (χ1v) is 7.02. The van der Waals surface area contributed by atoms with Crippen LogP contribution >= 0.6 is 0 Å². The molecule has 1 aliphatic carbocycles. The zero-order valence-corrected chi connectivity index (χ0v) is 11.7. The molecule has 100 valence electrons. The van der Waals surface area contributed by atoms with Crippen molar-refractivity contribution in [3.8, 4) is 0 Å². The molecular weight excluding hydrogens is 224 g/mol. The Morgan fingerprint density at radius 1 is 1.11 bits per heavy atom. The highest BCUT2D eigenvalue weighted by Gasteiger charge is 2.14. The van der Waals surface area contributed by atoms with Crippen LogP contribution in [0.5, 0.6) is 0 Å². The molecule has 0 bridgehead atoms. The molecule has 1 fully saturated rings. The van der Waals surface area contributed by atoms with E-state index in [1.54, 1.807) is 0 Å². The van der Waals surface area contributed by atoms with Crippen molar-refractivity contribution in [3.63, 3.8) is 0 Å². The zero-order valence-electron chi connectivity index (χ0n) is 11.7. The van der Waals surface area contributed by atoms with Crippen molar-refractivity contribution >= 4 is 11.6 Å². The van der Waals surface area contributed by atoms with Gasteiger partial charge in [-0.25, -0.2) is 9.97 Å². The molecule has 1 aliphatic rings. The van der Waals surface area contributed by atoms with Gasteiger partial charge in [-0.05, 0) is 33.6 Å². The highest BCUT2D eigenvalue weighted by Crippen LogP contribution is 2.21. The van der Waals surface area contributed by atoms with Gasteiger partial charge in [0.15, 0.2) is 0 Å². The fourth-order valence-electron chi connectivity index (χ4n) is 2.47. The Morgan fingerprint density at radius 2 is 1.78 bits per heavy atom. The van der Waals surface area contributed by atoms with Gasteiger partial charge in [0, 0.05) is 18.2 Å². The molecule has 0 aromatic carbocycles. The Morgan fingerprint density at radius 3 is 2.44 bits per heavy atom. The third kappa shape index (κ3) is 3.86. The van der Waals surface area contributed by atoms with E-state index >= 15 is 0 Å². The fourth-order valence-corrected chi connectivity index (χ4v) is 2.47. The number of aromatic nitrogens is 2. The maximum atomic E-state index is 4.47. The Hall–Kier alpha value is -1.32. The number of rotatable bonds is 4. The van der Waals surface area contributed by atoms with Crippen LogP contribution in [0.2, 0.25) is 0 Å². The monoisotopic (exact) mass is 248 g/mol. The summed E-state index contributed by atoms with van der Waals surface area (Å²) in [4.78, 5) is 8.88. The molecule has 1 saturated carbocycles. The molecule has 4 heteroatoms. The molecule has 1 aromatic heterocycles. The van der Waals surface area contributed by atoms with Crippen LogP contribution in [0.3, 0.4) is 0 Å². The minimum atomic E-state index is 0.391. The van der Waals surface area contributed by atoms with Crippen LogP contribution in [0.1, 0.15) is 51.8 Å². The minimum absolute atomic E-state index is 0.391. The van der Waals surface area contributed by atoms with Crippen LogP contribution in [0.4, 0.5) is 11.6 Å². The lowest BCUT2D eigenvalue weighted by molar-refractivity contribution is 0.462. The molecule has 0 saturated heterocycles. The number of nitrogens with zero attached hydrogens (tertiary/aromatic N) is 2. The Balaban J connectivity index is 2.04. The molecule has 0 radical (unpaired) electrons. The van der Waals surface area contributed by atoms with Gasteiger partial charge in [0.2, 0.25) is 0 Å². The highest BCUT2D eigenvalue weighted by molar-refractivity contribution is 5.48. The average molecular weight is 248 g/mol. The van der Waals surface area contributed by atoms with Crippen LogP contribution in [0.25, 0.3) is 0 Å². The predicted octanol–water partition coefficient (Wildman–Crippen LogP) is 3.35. The molecule has 1 heterocycles. The van der Waals surface area contributed by atoms with Crippen molar-refractivity contribution in [3.05, 3.63) is 11.9 Å². The van der Waals surface area contributed by atoms with E-state index < -0.39 is 0 Å². The summed E-state index contributed by atoms with van der Waals surface area (Å²) in [6.07, 6.45) is 6.56. The first-order valence-electron chi connectivity index (χ1n) is 7.02. The van der Waals surface area contributed by atoms with E-state index in [1.807, 2.05) is 13.0 Å². The lowest BCUT2D eigenvalue weighted by Crippen LogP contribution is -2.23. The average Bonchev–Trinajstić information content (AvgIpc) is 2.28. The van der Waals surface area contributed by atoms with E-state index in [1.165, 1.54) is 32.1 Å². The van der Waals surface area contributed by atoms with E-state index in [0.717, 1.165) is 17.5 Å². The third-order valence-electron chi connectivity index (χ3n) is 3.23. The second kappa shape index (κ2) is 6.03. The molecule has 0 unspecified atom stereocenters. The molecule has 2 N–H and O–H groups in total. The molecule has 0 aliphatic heterocycles. The zero-order chi connectivity index (χ0) is 13.0. The van der Waals surface area contributed by atoms with Crippen LogP contribution in [0.15, 0.2) is 6.07 Å². The summed E-state index contributed by atoms with van der Waals surface area (Å²) in [5, 5.41) is 6.88. The number of nitrogens with one attached hydrogen (secondary N) is 2. The Labute approximate surface area is 110 Å². The highest BCUT2D eigenvalue weighted by atomic mass is 15.1. The van der Waals surface area contributed by atoms with Gasteiger partial charge < -0.3 is 10.6 Å². The van der Waals surface area contributed by atoms with Gasteiger partial charge in [0.1, 0.15) is 17.5 Å². The molecule has 0 spiro atoms. The van der Waals surface area contributed by atoms with Gasteiger partial charge in [0.05, 0.1) is 0 Å². The Bertz CT molecular complexity index is 383. The second-order valence-electron chi connectivity index (χ2n) is 5.46. The standard InChI is InChI=1S/C14H24N4/c1-10(2)15-13-9-14(17-11(3)16-13)18-12-7-5-4-6-8-12/h9-10,12H,4-8H2,1-3H3,(H2,15,16,17,18). The number of hydrogen-bond acceptors (Lipinski definition) is 4. The molecule has 2 rings (SSSR count). The SMILES string of the molecule is Cc1nc(NC(C)C)cc(NC2CCCCC2)n1. The van der Waals surface area contributed by atoms with Crippen LogP contribution in [-0.4, -0.2) is 22.1 Å². The molecular formula is C14H24N4. The number of hydrogen-bond donors (Lipinski definition) is 2. The van der Waals surface area contributed by atoms with Crippen LogP contribution < -0.4 is 10.6 Å². The second-order valence-corrected chi connectivity index (χ2v) is 5.46. The number of anilines is 2. The molecule has 0 amide bonds. The van der Waals surface area contributed by atoms with Crippen molar-refractivity contribution in [2.75, 3.05) is 10.6 Å². The summed E-state index contributed by atoms with van der Waals surface area (Å²) in [6.45, 7) is 6.18. The van der Waals surface area contributed by atoms with Gasteiger partial charge >= 0.3 is 0 Å². The van der Waals surface area contributed by atoms with E-state index in [-0.39, 0.29) is 0 Å². The molecule has 1 aromatic rings. The van der Waals surface area contributed by atoms with Crippen molar-refractivity contribution in [1.82, 2.24) is 9.97 Å². The van der Waals surface area contributed by atoms with Gasteiger partial charge in [-0.15, -0.1) is 0 Å². The summed E-state index contributed by atoms with van der Waals surface area (Å²) in [5.41, 5.74) is 0. The van der Waals surface area contributed by atoms with E-state index in [4.69, 9.17) is 0 Å². The maximum absolute atomic E-state index is 4.47. The largest absolute Gasteiger partial charge is 0.368 e. The van der Waals surface area contributed by atoms with Crippen LogP contribution in [0, 0.1) is 6.92 Å². The Kier molecular flexibility index (Phi) is 4.39. The van der Waals surface area contributed by atoms with Gasteiger partial charge in [-0.3, -0.25) is 0 Å². The van der Waals surface area contributed by atoms with Gasteiger partial charge in [-0.2, -0.15) is 0 Å². The van der Waals surface area contributed by atoms with Crippen molar-refractivity contribution in [2.45, 2.75) is 65.0 Å². The lowest BCUT2D eigenvalue weighted by Gasteiger charge is -2.23. The third-order valence-corrected chi connectivity index (χ3v) is 3.23. The number of aryl methyl sites for hydroxylation is 1. The summed E-state index contributed by atoms with van der Waals surface area (Å²) in [6, 6.07) is 2.99. The summed E-state index contributed by atoms with van der Waals surface area (Å²) in [5.74, 6) is 2.69. The maximum Gasteiger partial charge on any atom is 0.132 e. The normalized spacial score (nSPS) is 16.9.